The van der Waals surface area contributed by atoms with Gasteiger partial charge < -0.3 is 15.2 Å². The van der Waals surface area contributed by atoms with Crippen LogP contribution in [-0.4, -0.2) is 35.9 Å². The Kier molecular flexibility index (Phi) is 4.23. The summed E-state index contributed by atoms with van der Waals surface area (Å²) >= 11 is 3.04. The van der Waals surface area contributed by atoms with Gasteiger partial charge in [-0.15, -0.1) is 0 Å². The van der Waals surface area contributed by atoms with Crippen molar-refractivity contribution in [1.82, 2.24) is 5.32 Å². The van der Waals surface area contributed by atoms with Crippen molar-refractivity contribution in [1.29, 1.82) is 0 Å². The average Bonchev–Trinajstić information content (AvgIpc) is 2.71. The molecule has 0 saturated carbocycles. The van der Waals surface area contributed by atoms with Gasteiger partial charge in [0.2, 0.25) is 0 Å². The third-order valence-corrected chi connectivity index (χ3v) is 4.22. The Bertz CT molecular complexity index is 497. The summed E-state index contributed by atoms with van der Waals surface area (Å²) in [4.78, 5) is 12.0. The van der Waals surface area contributed by atoms with Gasteiger partial charge in [-0.2, -0.15) is 0 Å². The maximum atomic E-state index is 13.3. The number of carbonyl (C=O) groups is 1. The van der Waals surface area contributed by atoms with Crippen LogP contribution >= 0.6 is 15.9 Å². The molecule has 1 amide bonds. The molecule has 0 bridgehead atoms. The largest absolute Gasteiger partial charge is 0.385 e. The zero-order valence-electron chi connectivity index (χ0n) is 10.5. The van der Waals surface area contributed by atoms with Crippen LogP contribution in [0.1, 0.15) is 23.7 Å². The molecule has 1 aromatic rings. The van der Waals surface area contributed by atoms with E-state index < -0.39 is 17.3 Å². The molecule has 4 nitrogen and oxygen atoms in total. The molecule has 0 aromatic heterocycles. The third kappa shape index (κ3) is 2.96. The number of amides is 1. The van der Waals surface area contributed by atoms with Crippen molar-refractivity contribution in [3.63, 3.8) is 0 Å². The normalized spacial score (nSPS) is 26.4. The lowest BCUT2D eigenvalue weighted by Crippen LogP contribution is -2.47. The molecule has 2 unspecified atom stereocenters. The minimum Gasteiger partial charge on any atom is -0.385 e. The van der Waals surface area contributed by atoms with Gasteiger partial charge >= 0.3 is 0 Å². The van der Waals surface area contributed by atoms with Crippen LogP contribution in [0.15, 0.2) is 22.7 Å². The molecule has 2 N–H and O–H groups in total. The third-order valence-electron chi connectivity index (χ3n) is 3.41. The van der Waals surface area contributed by atoms with E-state index in [1.165, 1.54) is 18.2 Å². The highest BCUT2D eigenvalue weighted by Gasteiger charge is 2.39. The fourth-order valence-electron chi connectivity index (χ4n) is 2.01. The predicted molar refractivity (Wildman–Crippen MR) is 71.4 cm³/mol. The topological polar surface area (TPSA) is 58.6 Å². The zero-order valence-corrected chi connectivity index (χ0v) is 12.0. The van der Waals surface area contributed by atoms with E-state index in [9.17, 15) is 14.3 Å². The van der Waals surface area contributed by atoms with Crippen molar-refractivity contribution in [2.75, 3.05) is 13.2 Å². The molecule has 2 rings (SSSR count). The first-order valence-corrected chi connectivity index (χ1v) is 6.79. The molecule has 0 aliphatic carbocycles. The van der Waals surface area contributed by atoms with Crippen LogP contribution in [0.3, 0.4) is 0 Å². The molecule has 6 heteroatoms. The van der Waals surface area contributed by atoms with Gasteiger partial charge in [-0.1, -0.05) is 6.07 Å². The minimum absolute atomic E-state index is 0.0793. The van der Waals surface area contributed by atoms with Crippen LogP contribution in [0.25, 0.3) is 0 Å². The number of hydrogen-bond acceptors (Lipinski definition) is 3. The maximum absolute atomic E-state index is 13.3. The van der Waals surface area contributed by atoms with Gasteiger partial charge in [0.25, 0.3) is 5.91 Å². The first-order valence-electron chi connectivity index (χ1n) is 6.00. The first-order chi connectivity index (χ1) is 8.94. The summed E-state index contributed by atoms with van der Waals surface area (Å²) in [6.07, 6.45) is 0.141. The van der Waals surface area contributed by atoms with Crippen molar-refractivity contribution in [2.45, 2.75) is 25.0 Å². The molecule has 1 aliphatic heterocycles. The predicted octanol–water partition coefficient (Wildman–Crippen LogP) is 1.86. The van der Waals surface area contributed by atoms with E-state index in [1.807, 2.05) is 0 Å². The number of halogens is 2. The van der Waals surface area contributed by atoms with Gasteiger partial charge in [0.05, 0.1) is 16.1 Å². The number of nitrogens with one attached hydrogen (secondary N) is 1. The summed E-state index contributed by atoms with van der Waals surface area (Å²) in [6, 6.07) is 4.24. The molecular weight excluding hydrogens is 317 g/mol. The number of benzene rings is 1. The highest BCUT2D eigenvalue weighted by Crippen LogP contribution is 2.25. The van der Waals surface area contributed by atoms with Crippen LogP contribution in [0.2, 0.25) is 0 Å². The number of rotatable bonds is 3. The molecule has 19 heavy (non-hydrogen) atoms. The molecule has 1 aliphatic rings. The van der Waals surface area contributed by atoms with Gasteiger partial charge in [-0.05, 0) is 35.0 Å². The minimum atomic E-state index is -1.06. The Balaban J connectivity index is 2.04. The second-order valence-corrected chi connectivity index (χ2v) is 5.44. The summed E-state index contributed by atoms with van der Waals surface area (Å²) in [5, 5.41) is 12.9. The van der Waals surface area contributed by atoms with Crippen molar-refractivity contribution < 1.29 is 19.0 Å². The van der Waals surface area contributed by atoms with Crippen molar-refractivity contribution in [3.05, 3.63) is 34.1 Å². The van der Waals surface area contributed by atoms with Crippen molar-refractivity contribution in [2.24, 2.45) is 0 Å². The molecule has 0 radical (unpaired) electrons. The summed E-state index contributed by atoms with van der Waals surface area (Å²) in [6.45, 7) is 2.31. The van der Waals surface area contributed by atoms with Crippen molar-refractivity contribution >= 4 is 21.8 Å². The second kappa shape index (κ2) is 5.56. The Morgan fingerprint density at radius 3 is 3.05 bits per heavy atom. The lowest BCUT2D eigenvalue weighted by atomic mass is 9.96. The Hall–Kier alpha value is -0.980. The number of aliphatic hydroxyl groups is 1. The van der Waals surface area contributed by atoms with E-state index in [2.05, 4.69) is 21.2 Å². The lowest BCUT2D eigenvalue weighted by Gasteiger charge is -2.26. The van der Waals surface area contributed by atoms with Crippen molar-refractivity contribution in [3.8, 4) is 0 Å². The summed E-state index contributed by atoms with van der Waals surface area (Å²) in [5.41, 5.74) is -0.856. The van der Waals surface area contributed by atoms with E-state index >= 15 is 0 Å². The molecule has 1 saturated heterocycles. The summed E-state index contributed by atoms with van der Waals surface area (Å²) < 4.78 is 18.7. The Morgan fingerprint density at radius 2 is 2.42 bits per heavy atom. The van der Waals surface area contributed by atoms with E-state index in [4.69, 9.17) is 4.74 Å². The van der Waals surface area contributed by atoms with E-state index in [1.54, 1.807) is 6.92 Å². The Labute approximate surface area is 119 Å². The maximum Gasteiger partial charge on any atom is 0.252 e. The molecule has 104 valence electrons. The molecule has 2 atom stereocenters. The zero-order chi connectivity index (χ0) is 14.0. The number of ether oxygens (including phenoxy) is 1. The number of carbonyl (C=O) groups excluding carboxylic acids is 1. The molecule has 0 spiro atoms. The van der Waals surface area contributed by atoms with Gasteiger partial charge in [0, 0.05) is 19.6 Å². The SMILES string of the molecule is CC1OCCC1(O)CNC(=O)c1cccc(F)c1Br. The van der Waals surface area contributed by atoms with Crippen LogP contribution in [0, 0.1) is 5.82 Å². The Morgan fingerprint density at radius 1 is 1.68 bits per heavy atom. The summed E-state index contributed by atoms with van der Waals surface area (Å²) in [7, 11) is 0. The van der Waals surface area contributed by atoms with E-state index in [-0.39, 0.29) is 22.7 Å². The monoisotopic (exact) mass is 331 g/mol. The molecule has 1 aromatic carbocycles. The summed E-state index contributed by atoms with van der Waals surface area (Å²) in [5.74, 6) is -0.928. The molecular formula is C13H15BrFNO3. The van der Waals surface area contributed by atoms with E-state index in [0.29, 0.717) is 13.0 Å². The van der Waals surface area contributed by atoms with Gasteiger partial charge in [-0.3, -0.25) is 4.79 Å². The standard InChI is InChI=1S/C13H15BrFNO3/c1-8-13(18,5-6-19-8)7-16-12(17)9-3-2-4-10(15)11(9)14/h2-4,8,18H,5-7H2,1H3,(H,16,17). The highest BCUT2D eigenvalue weighted by molar-refractivity contribution is 9.10. The fourth-order valence-corrected chi connectivity index (χ4v) is 2.46. The molecule has 1 heterocycles. The van der Waals surface area contributed by atoms with Gasteiger partial charge in [0.15, 0.2) is 0 Å². The van der Waals surface area contributed by atoms with Crippen LogP contribution in [0.5, 0.6) is 0 Å². The van der Waals surface area contributed by atoms with Crippen LogP contribution in [0.4, 0.5) is 4.39 Å². The van der Waals surface area contributed by atoms with Crippen LogP contribution in [-0.2, 0) is 4.74 Å². The molecule has 1 fully saturated rings. The van der Waals surface area contributed by atoms with Gasteiger partial charge in [-0.25, -0.2) is 4.39 Å². The van der Waals surface area contributed by atoms with Crippen LogP contribution < -0.4 is 5.32 Å². The first kappa shape index (κ1) is 14.4. The lowest BCUT2D eigenvalue weighted by molar-refractivity contribution is -0.0251. The number of hydrogen-bond donors (Lipinski definition) is 2. The second-order valence-electron chi connectivity index (χ2n) is 4.65. The van der Waals surface area contributed by atoms with Gasteiger partial charge in [0.1, 0.15) is 11.4 Å². The smallest absolute Gasteiger partial charge is 0.252 e. The quantitative estimate of drug-likeness (QED) is 0.888. The highest BCUT2D eigenvalue weighted by atomic mass is 79.9. The van der Waals surface area contributed by atoms with E-state index in [0.717, 1.165) is 0 Å². The fraction of sp³-hybridized carbons (Fsp3) is 0.462. The average molecular weight is 332 g/mol.